The van der Waals surface area contributed by atoms with Crippen LogP contribution in [-0.4, -0.2) is 23.1 Å². The molecule has 1 aromatic heterocycles. The van der Waals surface area contributed by atoms with Gasteiger partial charge in [0.05, 0.1) is 11.9 Å². The van der Waals surface area contributed by atoms with E-state index in [1.807, 2.05) is 13.1 Å². The van der Waals surface area contributed by atoms with E-state index in [9.17, 15) is 0 Å². The summed E-state index contributed by atoms with van der Waals surface area (Å²) in [5.74, 6) is 1.63. The van der Waals surface area contributed by atoms with E-state index < -0.39 is 0 Å². The van der Waals surface area contributed by atoms with Crippen LogP contribution in [0.2, 0.25) is 0 Å². The number of aromatic nitrogens is 2. The van der Waals surface area contributed by atoms with Crippen LogP contribution in [-0.2, 0) is 0 Å². The summed E-state index contributed by atoms with van der Waals surface area (Å²) in [6, 6.07) is 10.7. The molecule has 0 saturated carbocycles. The molecule has 1 aromatic carbocycles. The van der Waals surface area contributed by atoms with Crippen molar-refractivity contribution in [1.29, 1.82) is 0 Å². The lowest BCUT2D eigenvalue weighted by Gasteiger charge is -2.17. The summed E-state index contributed by atoms with van der Waals surface area (Å²) in [6.07, 6.45) is 4.86. The molecule has 0 radical (unpaired) electrons. The van der Waals surface area contributed by atoms with Crippen LogP contribution in [0.15, 0.2) is 42.7 Å². The maximum Gasteiger partial charge on any atom is 0.147 e. The second kappa shape index (κ2) is 4.77. The van der Waals surface area contributed by atoms with Gasteiger partial charge in [-0.1, -0.05) is 30.3 Å². The van der Waals surface area contributed by atoms with Crippen LogP contribution in [0.25, 0.3) is 0 Å². The predicted octanol–water partition coefficient (Wildman–Crippen LogP) is 2.78. The van der Waals surface area contributed by atoms with E-state index in [1.54, 1.807) is 6.20 Å². The number of hydrogen-bond donors (Lipinski definition) is 0. The lowest BCUT2D eigenvalue weighted by Crippen LogP contribution is -2.20. The third-order valence-corrected chi connectivity index (χ3v) is 3.53. The lowest BCUT2D eigenvalue weighted by atomic mass is 9.99. The van der Waals surface area contributed by atoms with Crippen LogP contribution in [0.3, 0.4) is 0 Å². The maximum atomic E-state index is 4.55. The summed E-state index contributed by atoms with van der Waals surface area (Å²) in [6.45, 7) is 4.10. The molecular weight excluding hydrogens is 222 g/mol. The van der Waals surface area contributed by atoms with Gasteiger partial charge >= 0.3 is 0 Å². The average molecular weight is 239 g/mol. The molecule has 3 rings (SSSR count). The Morgan fingerprint density at radius 2 is 2.00 bits per heavy atom. The van der Waals surface area contributed by atoms with E-state index >= 15 is 0 Å². The first-order chi connectivity index (χ1) is 8.83. The van der Waals surface area contributed by atoms with Gasteiger partial charge in [-0.3, -0.25) is 4.98 Å². The Morgan fingerprint density at radius 3 is 2.78 bits per heavy atom. The van der Waals surface area contributed by atoms with Crippen LogP contribution in [0, 0.1) is 6.92 Å². The van der Waals surface area contributed by atoms with Crippen molar-refractivity contribution in [1.82, 2.24) is 9.97 Å². The standard InChI is InChI=1S/C15H17N3/c1-12-9-16-10-15(17-12)18-8-7-14(11-18)13-5-3-2-4-6-13/h2-6,9-10,14H,7-8,11H2,1H3. The summed E-state index contributed by atoms with van der Waals surface area (Å²) in [5, 5.41) is 0. The normalized spacial score (nSPS) is 19.2. The minimum absolute atomic E-state index is 0.619. The summed E-state index contributed by atoms with van der Waals surface area (Å²) in [7, 11) is 0. The molecule has 1 saturated heterocycles. The average Bonchev–Trinajstić information content (AvgIpc) is 2.89. The molecule has 0 aliphatic carbocycles. The first-order valence-electron chi connectivity index (χ1n) is 6.41. The second-order valence-electron chi connectivity index (χ2n) is 4.86. The fourth-order valence-corrected chi connectivity index (χ4v) is 2.57. The highest BCUT2D eigenvalue weighted by Gasteiger charge is 2.24. The molecule has 92 valence electrons. The molecule has 1 unspecified atom stereocenters. The Labute approximate surface area is 108 Å². The van der Waals surface area contributed by atoms with E-state index in [1.165, 1.54) is 12.0 Å². The van der Waals surface area contributed by atoms with Gasteiger partial charge in [0.25, 0.3) is 0 Å². The summed E-state index contributed by atoms with van der Waals surface area (Å²) in [4.78, 5) is 11.1. The van der Waals surface area contributed by atoms with Gasteiger partial charge in [0.2, 0.25) is 0 Å². The van der Waals surface area contributed by atoms with E-state index in [0.29, 0.717) is 5.92 Å². The summed E-state index contributed by atoms with van der Waals surface area (Å²) >= 11 is 0. The Hall–Kier alpha value is -1.90. The second-order valence-corrected chi connectivity index (χ2v) is 4.86. The predicted molar refractivity (Wildman–Crippen MR) is 72.8 cm³/mol. The van der Waals surface area contributed by atoms with Crippen LogP contribution >= 0.6 is 0 Å². The highest BCUT2D eigenvalue weighted by Crippen LogP contribution is 2.29. The first-order valence-corrected chi connectivity index (χ1v) is 6.41. The number of rotatable bonds is 2. The highest BCUT2D eigenvalue weighted by atomic mass is 15.2. The molecule has 3 heteroatoms. The SMILES string of the molecule is Cc1cncc(N2CCC(c3ccccc3)C2)n1. The number of anilines is 1. The van der Waals surface area contributed by atoms with Crippen molar-refractivity contribution >= 4 is 5.82 Å². The van der Waals surface area contributed by atoms with Crippen LogP contribution in [0.1, 0.15) is 23.6 Å². The van der Waals surface area contributed by atoms with Gasteiger partial charge < -0.3 is 4.90 Å². The smallest absolute Gasteiger partial charge is 0.147 e. The molecule has 0 spiro atoms. The third kappa shape index (κ3) is 2.21. The fraction of sp³-hybridized carbons (Fsp3) is 0.333. The quantitative estimate of drug-likeness (QED) is 0.807. The van der Waals surface area contributed by atoms with Crippen LogP contribution in [0.5, 0.6) is 0 Å². The molecule has 0 amide bonds. The van der Waals surface area contributed by atoms with E-state index in [0.717, 1.165) is 24.6 Å². The molecule has 0 bridgehead atoms. The first kappa shape index (κ1) is 11.2. The maximum absolute atomic E-state index is 4.55. The Kier molecular flexibility index (Phi) is 2.97. The molecule has 18 heavy (non-hydrogen) atoms. The number of hydrogen-bond acceptors (Lipinski definition) is 3. The van der Waals surface area contributed by atoms with E-state index in [4.69, 9.17) is 0 Å². The Morgan fingerprint density at radius 1 is 1.17 bits per heavy atom. The number of aryl methyl sites for hydroxylation is 1. The van der Waals surface area contributed by atoms with Crippen LogP contribution < -0.4 is 4.90 Å². The van der Waals surface area contributed by atoms with Crippen molar-refractivity contribution < 1.29 is 0 Å². The fourth-order valence-electron chi connectivity index (χ4n) is 2.57. The van der Waals surface area contributed by atoms with Gasteiger partial charge in [0.15, 0.2) is 0 Å². The number of benzene rings is 1. The monoisotopic (exact) mass is 239 g/mol. The van der Waals surface area contributed by atoms with Crippen molar-refractivity contribution in [3.05, 3.63) is 54.0 Å². The Balaban J connectivity index is 1.76. The molecule has 2 heterocycles. The van der Waals surface area contributed by atoms with Gasteiger partial charge in [-0.2, -0.15) is 0 Å². The number of nitrogens with zero attached hydrogens (tertiary/aromatic N) is 3. The Bertz CT molecular complexity index is 524. The summed E-state index contributed by atoms with van der Waals surface area (Å²) in [5.41, 5.74) is 2.41. The van der Waals surface area contributed by atoms with Gasteiger partial charge in [-0.15, -0.1) is 0 Å². The third-order valence-electron chi connectivity index (χ3n) is 3.53. The summed E-state index contributed by atoms with van der Waals surface area (Å²) < 4.78 is 0. The molecule has 3 nitrogen and oxygen atoms in total. The van der Waals surface area contributed by atoms with Crippen molar-refractivity contribution in [3.8, 4) is 0 Å². The topological polar surface area (TPSA) is 29.0 Å². The van der Waals surface area contributed by atoms with Crippen molar-refractivity contribution in [2.24, 2.45) is 0 Å². The minimum atomic E-state index is 0.619. The van der Waals surface area contributed by atoms with E-state index in [2.05, 4.69) is 45.2 Å². The lowest BCUT2D eigenvalue weighted by molar-refractivity contribution is 0.774. The molecule has 1 fully saturated rings. The minimum Gasteiger partial charge on any atom is -0.355 e. The van der Waals surface area contributed by atoms with Crippen molar-refractivity contribution in [2.75, 3.05) is 18.0 Å². The zero-order chi connectivity index (χ0) is 12.4. The van der Waals surface area contributed by atoms with Gasteiger partial charge in [0, 0.05) is 25.2 Å². The van der Waals surface area contributed by atoms with Crippen LogP contribution in [0.4, 0.5) is 5.82 Å². The van der Waals surface area contributed by atoms with Crippen molar-refractivity contribution in [2.45, 2.75) is 19.3 Å². The zero-order valence-electron chi connectivity index (χ0n) is 10.6. The molecule has 1 aliphatic rings. The highest BCUT2D eigenvalue weighted by molar-refractivity contribution is 5.40. The van der Waals surface area contributed by atoms with Gasteiger partial charge in [-0.05, 0) is 18.9 Å². The molecule has 1 aliphatic heterocycles. The zero-order valence-corrected chi connectivity index (χ0v) is 10.6. The van der Waals surface area contributed by atoms with Gasteiger partial charge in [-0.25, -0.2) is 4.98 Å². The van der Waals surface area contributed by atoms with Gasteiger partial charge in [0.1, 0.15) is 5.82 Å². The molecular formula is C15H17N3. The molecule has 1 atom stereocenters. The molecule has 0 N–H and O–H groups in total. The van der Waals surface area contributed by atoms with E-state index in [-0.39, 0.29) is 0 Å². The molecule has 2 aromatic rings. The van der Waals surface area contributed by atoms with Crippen molar-refractivity contribution in [3.63, 3.8) is 0 Å². The largest absolute Gasteiger partial charge is 0.355 e.